The maximum Gasteiger partial charge on any atom is 0.264 e. The molecule has 1 heterocycles. The third kappa shape index (κ3) is 2.57. The minimum Gasteiger partial charge on any atom is -0.330 e. The Morgan fingerprint density at radius 1 is 1.39 bits per heavy atom. The van der Waals surface area contributed by atoms with Crippen molar-refractivity contribution >= 4 is 29.3 Å². The third-order valence-corrected chi connectivity index (χ3v) is 2.82. The molecule has 6 heteroatoms. The van der Waals surface area contributed by atoms with E-state index in [1.807, 2.05) is 0 Å². The van der Waals surface area contributed by atoms with E-state index in [1.165, 1.54) is 0 Å². The first-order chi connectivity index (χ1) is 8.61. The second-order valence-electron chi connectivity index (χ2n) is 3.91. The van der Waals surface area contributed by atoms with Crippen molar-refractivity contribution in [3.63, 3.8) is 0 Å². The molecule has 1 aromatic rings. The molecule has 0 spiro atoms. The number of nitrogens with one attached hydrogen (secondary N) is 1. The van der Waals surface area contributed by atoms with Crippen LogP contribution in [0.25, 0.3) is 0 Å². The lowest BCUT2D eigenvalue weighted by atomic mass is 9.96. The Kier molecular flexibility index (Phi) is 3.74. The summed E-state index contributed by atoms with van der Waals surface area (Å²) in [6, 6.07) is 6.64. The maximum atomic E-state index is 11.9. The lowest BCUT2D eigenvalue weighted by Gasteiger charge is -2.20. The van der Waals surface area contributed by atoms with Gasteiger partial charge in [0.15, 0.2) is 0 Å². The average molecular weight is 266 g/mol. The van der Waals surface area contributed by atoms with Gasteiger partial charge in [0.25, 0.3) is 5.91 Å². The van der Waals surface area contributed by atoms with Gasteiger partial charge in [-0.2, -0.15) is 4.99 Å². The number of rotatable bonds is 3. The highest BCUT2D eigenvalue weighted by Crippen LogP contribution is 2.23. The summed E-state index contributed by atoms with van der Waals surface area (Å²) in [5.41, 5.74) is 5.90. The predicted molar refractivity (Wildman–Crippen MR) is 68.4 cm³/mol. The van der Waals surface area contributed by atoms with Crippen LogP contribution in [-0.4, -0.2) is 24.2 Å². The molecule has 1 aliphatic rings. The van der Waals surface area contributed by atoms with Gasteiger partial charge in [0, 0.05) is 11.4 Å². The molecule has 0 aliphatic carbocycles. The van der Waals surface area contributed by atoms with Crippen molar-refractivity contribution in [2.24, 2.45) is 10.7 Å². The van der Waals surface area contributed by atoms with E-state index in [0.717, 1.165) is 0 Å². The first-order valence-electron chi connectivity index (χ1n) is 5.49. The summed E-state index contributed by atoms with van der Waals surface area (Å²) >= 11 is 5.84. The smallest absolute Gasteiger partial charge is 0.264 e. The van der Waals surface area contributed by atoms with Gasteiger partial charge < -0.3 is 11.1 Å². The topological polar surface area (TPSA) is 84.5 Å². The summed E-state index contributed by atoms with van der Waals surface area (Å²) in [6.07, 6.45) is 0.375. The number of aliphatic imine (C=N–C) groups is 1. The molecule has 5 nitrogen and oxygen atoms in total. The van der Waals surface area contributed by atoms with Crippen LogP contribution >= 0.6 is 11.6 Å². The lowest BCUT2D eigenvalue weighted by molar-refractivity contribution is -0.129. The normalized spacial score (nSPS) is 19.4. The first-order valence-corrected chi connectivity index (χ1v) is 5.87. The molecule has 1 aromatic carbocycles. The number of amidine groups is 1. The van der Waals surface area contributed by atoms with Crippen LogP contribution in [0.15, 0.2) is 29.3 Å². The van der Waals surface area contributed by atoms with Crippen molar-refractivity contribution in [1.82, 2.24) is 5.32 Å². The van der Waals surface area contributed by atoms with Gasteiger partial charge in [-0.3, -0.25) is 9.59 Å². The number of benzene rings is 1. The van der Waals surface area contributed by atoms with Gasteiger partial charge >= 0.3 is 0 Å². The van der Waals surface area contributed by atoms with Crippen molar-refractivity contribution in [3.8, 4) is 0 Å². The number of carbonyl (C=O) groups is 2. The fraction of sp³-hybridized carbons (Fsp3) is 0.250. The fourth-order valence-electron chi connectivity index (χ4n) is 1.79. The molecular formula is C12H12ClN3O2. The first kappa shape index (κ1) is 12.7. The van der Waals surface area contributed by atoms with Crippen LogP contribution in [-0.2, 0) is 9.59 Å². The lowest BCUT2D eigenvalue weighted by Crippen LogP contribution is -2.43. The van der Waals surface area contributed by atoms with E-state index >= 15 is 0 Å². The van der Waals surface area contributed by atoms with Crippen LogP contribution in [0.5, 0.6) is 0 Å². The molecule has 2 amide bonds. The molecule has 1 unspecified atom stereocenters. The summed E-state index contributed by atoms with van der Waals surface area (Å²) < 4.78 is 0. The molecule has 2 rings (SSSR count). The van der Waals surface area contributed by atoms with Gasteiger partial charge in [-0.25, -0.2) is 0 Å². The number of nitrogens with two attached hydrogens (primary N) is 1. The quantitative estimate of drug-likeness (QED) is 0.794. The Hall–Kier alpha value is -1.72. The van der Waals surface area contributed by atoms with E-state index in [-0.39, 0.29) is 5.91 Å². The monoisotopic (exact) mass is 265 g/mol. The molecule has 0 bridgehead atoms. The number of hydrogen-bond donors (Lipinski definition) is 2. The number of amides is 2. The summed E-state index contributed by atoms with van der Waals surface area (Å²) in [7, 11) is 0. The van der Waals surface area contributed by atoms with Gasteiger partial charge in [-0.15, -0.1) is 0 Å². The maximum absolute atomic E-state index is 11.9. The van der Waals surface area contributed by atoms with Gasteiger partial charge in [0.05, 0.1) is 0 Å². The van der Waals surface area contributed by atoms with Gasteiger partial charge in [0.1, 0.15) is 11.8 Å². The van der Waals surface area contributed by atoms with Gasteiger partial charge in [-0.05, 0) is 24.2 Å². The van der Waals surface area contributed by atoms with Crippen LogP contribution in [0.3, 0.4) is 0 Å². The Morgan fingerprint density at radius 2 is 2.17 bits per heavy atom. The van der Waals surface area contributed by atoms with Crippen LogP contribution in [0.2, 0.25) is 5.02 Å². The number of halogens is 1. The molecule has 0 saturated carbocycles. The molecule has 0 aromatic heterocycles. The summed E-state index contributed by atoms with van der Waals surface area (Å²) in [5.74, 6) is -1.47. The number of nitrogens with zero attached hydrogens (tertiary/aromatic N) is 1. The standard InChI is InChI=1S/C12H12ClN3O2/c13-8-3-1-2-7(6-8)10-11(17)15-9(4-5-14)16-12(10)18/h1-3,6,10H,4-5,14H2,(H,15,16,17,18). The zero-order chi connectivity index (χ0) is 13.1. The highest BCUT2D eigenvalue weighted by Gasteiger charge is 2.33. The van der Waals surface area contributed by atoms with E-state index in [1.54, 1.807) is 24.3 Å². The minimum atomic E-state index is -0.926. The predicted octanol–water partition coefficient (Wildman–Crippen LogP) is 0.827. The van der Waals surface area contributed by atoms with Gasteiger partial charge in [0.2, 0.25) is 5.91 Å². The van der Waals surface area contributed by atoms with Crippen LogP contribution in [0.4, 0.5) is 0 Å². The summed E-state index contributed by atoms with van der Waals surface area (Å²) in [5, 5.41) is 3.06. The highest BCUT2D eigenvalue weighted by molar-refractivity contribution is 6.30. The highest BCUT2D eigenvalue weighted by atomic mass is 35.5. The average Bonchev–Trinajstić information content (AvgIpc) is 2.28. The minimum absolute atomic E-state index is 0.325. The zero-order valence-electron chi connectivity index (χ0n) is 9.52. The molecule has 1 atom stereocenters. The van der Waals surface area contributed by atoms with Crippen molar-refractivity contribution < 1.29 is 9.59 Å². The van der Waals surface area contributed by atoms with Crippen molar-refractivity contribution in [2.75, 3.05) is 6.54 Å². The molecule has 0 saturated heterocycles. The van der Waals surface area contributed by atoms with Crippen molar-refractivity contribution in [3.05, 3.63) is 34.9 Å². The van der Waals surface area contributed by atoms with E-state index in [4.69, 9.17) is 17.3 Å². The molecule has 94 valence electrons. The number of hydrogen-bond acceptors (Lipinski definition) is 3. The summed E-state index contributed by atoms with van der Waals surface area (Å²) in [4.78, 5) is 27.6. The zero-order valence-corrected chi connectivity index (χ0v) is 10.3. The third-order valence-electron chi connectivity index (χ3n) is 2.58. The molecule has 3 N–H and O–H groups in total. The number of carbonyl (C=O) groups excluding carboxylic acids is 2. The Bertz CT molecular complexity index is 528. The molecule has 0 fully saturated rings. The Labute approximate surface area is 109 Å². The molecular weight excluding hydrogens is 254 g/mol. The second kappa shape index (κ2) is 5.29. The van der Waals surface area contributed by atoms with Crippen LogP contribution in [0, 0.1) is 0 Å². The van der Waals surface area contributed by atoms with E-state index in [0.29, 0.717) is 29.4 Å². The van der Waals surface area contributed by atoms with E-state index < -0.39 is 11.8 Å². The molecule has 0 radical (unpaired) electrons. The van der Waals surface area contributed by atoms with E-state index in [9.17, 15) is 9.59 Å². The van der Waals surface area contributed by atoms with Crippen molar-refractivity contribution in [1.29, 1.82) is 0 Å². The SMILES string of the molecule is NCCC1=NC(=O)C(c2cccc(Cl)c2)C(=O)N1. The van der Waals surface area contributed by atoms with Crippen LogP contribution < -0.4 is 11.1 Å². The van der Waals surface area contributed by atoms with Crippen molar-refractivity contribution in [2.45, 2.75) is 12.3 Å². The van der Waals surface area contributed by atoms with Crippen LogP contribution in [0.1, 0.15) is 17.9 Å². The molecule has 18 heavy (non-hydrogen) atoms. The molecule has 1 aliphatic heterocycles. The van der Waals surface area contributed by atoms with Gasteiger partial charge in [-0.1, -0.05) is 23.7 Å². The van der Waals surface area contributed by atoms with E-state index in [2.05, 4.69) is 10.3 Å². The second-order valence-corrected chi connectivity index (χ2v) is 4.35. The fourth-order valence-corrected chi connectivity index (χ4v) is 1.99. The largest absolute Gasteiger partial charge is 0.330 e. The Balaban J connectivity index is 2.30. The summed E-state index contributed by atoms with van der Waals surface area (Å²) in [6.45, 7) is 0.328. The Morgan fingerprint density at radius 3 is 2.78 bits per heavy atom.